The van der Waals surface area contributed by atoms with Crippen LogP contribution in [0.3, 0.4) is 0 Å². The van der Waals surface area contributed by atoms with E-state index in [1.165, 1.54) is 50.3 Å². The summed E-state index contributed by atoms with van der Waals surface area (Å²) in [6.45, 7) is 2.93. The molecule has 0 spiro atoms. The van der Waals surface area contributed by atoms with Gasteiger partial charge in [0.2, 0.25) is 0 Å². The number of carbonyl (C=O) groups excluding carboxylic acids is 1. The molecular weight excluding hydrogens is 456 g/mol. The van der Waals surface area contributed by atoms with Gasteiger partial charge < -0.3 is 9.64 Å². The molecular formula is C28H30N4O2S. The van der Waals surface area contributed by atoms with Crippen LogP contribution in [0, 0.1) is 17.8 Å². The van der Waals surface area contributed by atoms with Crippen LogP contribution in [0.5, 0.6) is 0 Å². The molecule has 0 atom stereocenters. The summed E-state index contributed by atoms with van der Waals surface area (Å²) >= 11 is 1.46. The number of benzene rings is 1. The summed E-state index contributed by atoms with van der Waals surface area (Å²) in [6.07, 6.45) is 12.0. The molecule has 2 aromatic rings. The van der Waals surface area contributed by atoms with Gasteiger partial charge >= 0.3 is 0 Å². The second-order valence-corrected chi connectivity index (χ2v) is 12.0. The van der Waals surface area contributed by atoms with Crippen LogP contribution in [0.4, 0.5) is 0 Å². The molecule has 6 aliphatic rings. The molecule has 1 aromatic heterocycles. The summed E-state index contributed by atoms with van der Waals surface area (Å²) in [6, 6.07) is 10.4. The van der Waals surface area contributed by atoms with E-state index in [0.717, 1.165) is 58.7 Å². The van der Waals surface area contributed by atoms with Crippen molar-refractivity contribution in [2.45, 2.75) is 43.9 Å². The molecule has 3 heterocycles. The molecule has 0 unspecified atom stereocenters. The number of carbonyl (C=O) groups is 1. The van der Waals surface area contributed by atoms with Crippen molar-refractivity contribution in [3.63, 3.8) is 0 Å². The minimum atomic E-state index is -0.156. The third-order valence-corrected chi connectivity index (χ3v) is 9.61. The molecule has 180 valence electrons. The van der Waals surface area contributed by atoms with Crippen LogP contribution in [-0.4, -0.2) is 52.2 Å². The van der Waals surface area contributed by atoms with Crippen LogP contribution >= 0.6 is 11.8 Å². The average Bonchev–Trinajstić information content (AvgIpc) is 3.24. The van der Waals surface area contributed by atoms with Gasteiger partial charge in [-0.15, -0.1) is 0 Å². The van der Waals surface area contributed by atoms with Crippen molar-refractivity contribution in [2.24, 2.45) is 22.7 Å². The predicted molar refractivity (Wildman–Crippen MR) is 138 cm³/mol. The molecule has 0 N–H and O–H groups in total. The molecule has 1 amide bonds. The molecule has 2 aliphatic heterocycles. The monoisotopic (exact) mass is 486 g/mol. The maximum atomic E-state index is 12.5. The Hall–Kier alpha value is -2.51. The van der Waals surface area contributed by atoms with Crippen molar-refractivity contribution in [3.05, 3.63) is 52.8 Å². The second kappa shape index (κ2) is 8.56. The Balaban J connectivity index is 1.09. The first kappa shape index (κ1) is 21.7. The van der Waals surface area contributed by atoms with Crippen LogP contribution in [0.1, 0.15) is 49.9 Å². The molecule has 8 rings (SSSR count). The highest BCUT2D eigenvalue weighted by Crippen LogP contribution is 2.60. The van der Waals surface area contributed by atoms with Gasteiger partial charge in [0.15, 0.2) is 5.17 Å². The van der Waals surface area contributed by atoms with E-state index in [1.54, 1.807) is 0 Å². The number of hydrogen-bond donors (Lipinski definition) is 0. The quantitative estimate of drug-likeness (QED) is 0.574. The van der Waals surface area contributed by atoms with Crippen LogP contribution < -0.4 is 0 Å². The van der Waals surface area contributed by atoms with Gasteiger partial charge in [0, 0.05) is 30.3 Å². The van der Waals surface area contributed by atoms with Crippen molar-refractivity contribution in [3.8, 4) is 11.3 Å². The van der Waals surface area contributed by atoms with Gasteiger partial charge in [-0.1, -0.05) is 24.3 Å². The summed E-state index contributed by atoms with van der Waals surface area (Å²) in [4.78, 5) is 29.5. The molecule has 0 radical (unpaired) electrons. The van der Waals surface area contributed by atoms with Crippen molar-refractivity contribution in [1.29, 1.82) is 0 Å². The Morgan fingerprint density at radius 2 is 1.66 bits per heavy atom. The fraction of sp³-hybridized carbons (Fsp3) is 0.500. The van der Waals surface area contributed by atoms with Gasteiger partial charge in [0.05, 0.1) is 23.8 Å². The lowest BCUT2D eigenvalue weighted by atomic mass is 9.49. The maximum absolute atomic E-state index is 12.5. The summed E-state index contributed by atoms with van der Waals surface area (Å²) in [5.74, 6) is 3.55. The van der Waals surface area contributed by atoms with Crippen LogP contribution in [0.2, 0.25) is 0 Å². The molecule has 7 heteroatoms. The molecule has 1 saturated heterocycles. The number of morpholine rings is 1. The van der Waals surface area contributed by atoms with Gasteiger partial charge in [0.25, 0.3) is 5.91 Å². The Morgan fingerprint density at radius 3 is 2.34 bits per heavy atom. The number of aliphatic imine (C=N–C) groups is 1. The maximum Gasteiger partial charge on any atom is 0.286 e. The van der Waals surface area contributed by atoms with Crippen molar-refractivity contribution in [1.82, 2.24) is 14.9 Å². The van der Waals surface area contributed by atoms with Crippen LogP contribution in [-0.2, 0) is 14.9 Å². The van der Waals surface area contributed by atoms with Gasteiger partial charge in [-0.2, -0.15) is 4.99 Å². The number of amidine groups is 1. The summed E-state index contributed by atoms with van der Waals surface area (Å²) in [7, 11) is 0. The molecule has 1 aromatic carbocycles. The van der Waals surface area contributed by atoms with Gasteiger partial charge in [-0.25, -0.2) is 9.97 Å². The lowest BCUT2D eigenvalue weighted by Crippen LogP contribution is -2.49. The zero-order valence-corrected chi connectivity index (χ0v) is 20.7. The molecule has 4 bridgehead atoms. The second-order valence-electron chi connectivity index (χ2n) is 11.0. The summed E-state index contributed by atoms with van der Waals surface area (Å²) in [5, 5.41) is 0.791. The van der Waals surface area contributed by atoms with Gasteiger partial charge in [-0.3, -0.25) is 4.79 Å². The molecule has 5 fully saturated rings. The molecule has 35 heavy (non-hydrogen) atoms. The SMILES string of the molecule is O=C1N=C(N2CCOCC2)S/C1=C\c1ccc(-c2ccnc(C34CC5CC(CC(C5)C3)C4)n2)cc1. The smallest absolute Gasteiger partial charge is 0.286 e. The topological polar surface area (TPSA) is 67.7 Å². The number of amides is 1. The van der Waals surface area contributed by atoms with E-state index < -0.39 is 0 Å². The standard InChI is InChI=1S/C28H30N4O2S/c33-25-24(35-27(31-25)32-7-9-34-10-8-32)14-18-1-3-22(4-2-18)23-5-6-29-26(30-23)28-15-19-11-20(16-28)13-21(12-19)17-28/h1-6,14,19-21H,7-13,15-17H2/b24-14-. The van der Waals surface area contributed by atoms with E-state index in [9.17, 15) is 4.79 Å². The molecule has 4 aliphatic carbocycles. The van der Waals surface area contributed by atoms with E-state index in [-0.39, 0.29) is 11.3 Å². The highest BCUT2D eigenvalue weighted by Gasteiger charge is 2.53. The predicted octanol–water partition coefficient (Wildman–Crippen LogP) is 4.91. The van der Waals surface area contributed by atoms with Crippen molar-refractivity contribution < 1.29 is 9.53 Å². The minimum Gasteiger partial charge on any atom is -0.378 e. The van der Waals surface area contributed by atoms with Gasteiger partial charge in [-0.05, 0) is 85.7 Å². The Morgan fingerprint density at radius 1 is 0.971 bits per heavy atom. The van der Waals surface area contributed by atoms with E-state index >= 15 is 0 Å². The number of hydrogen-bond acceptors (Lipinski definition) is 6. The lowest BCUT2D eigenvalue weighted by Gasteiger charge is -2.56. The Labute approximate surface area is 210 Å². The zero-order chi connectivity index (χ0) is 23.4. The summed E-state index contributed by atoms with van der Waals surface area (Å²) < 4.78 is 5.41. The molecule has 4 saturated carbocycles. The Bertz CT molecular complexity index is 1180. The number of ether oxygens (including phenoxy) is 1. The number of thioether (sulfide) groups is 1. The van der Waals surface area contributed by atoms with Gasteiger partial charge in [0.1, 0.15) is 5.82 Å². The van der Waals surface area contributed by atoms with Crippen molar-refractivity contribution >= 4 is 28.9 Å². The fourth-order valence-corrected chi connectivity index (χ4v) is 8.31. The van der Waals surface area contributed by atoms with E-state index in [0.29, 0.717) is 18.1 Å². The normalized spacial score (nSPS) is 33.0. The van der Waals surface area contributed by atoms with E-state index in [1.807, 2.05) is 18.3 Å². The first-order valence-electron chi connectivity index (χ1n) is 12.9. The number of rotatable bonds is 3. The third-order valence-electron chi connectivity index (χ3n) is 8.56. The number of aromatic nitrogens is 2. The highest BCUT2D eigenvalue weighted by atomic mass is 32.2. The highest BCUT2D eigenvalue weighted by molar-refractivity contribution is 8.18. The van der Waals surface area contributed by atoms with Crippen LogP contribution in [0.15, 0.2) is 46.4 Å². The average molecular weight is 487 g/mol. The number of nitrogens with zero attached hydrogens (tertiary/aromatic N) is 4. The first-order valence-corrected chi connectivity index (χ1v) is 13.7. The first-order chi connectivity index (χ1) is 17.1. The third kappa shape index (κ3) is 4.02. The van der Waals surface area contributed by atoms with Crippen molar-refractivity contribution in [2.75, 3.05) is 26.3 Å². The van der Waals surface area contributed by atoms with E-state index in [2.05, 4.69) is 34.2 Å². The fourth-order valence-electron chi connectivity index (χ4n) is 7.35. The summed E-state index contributed by atoms with van der Waals surface area (Å²) in [5.41, 5.74) is 3.29. The lowest BCUT2D eigenvalue weighted by molar-refractivity contribution is -0.113. The Kier molecular flexibility index (Phi) is 5.32. The van der Waals surface area contributed by atoms with Crippen LogP contribution in [0.25, 0.3) is 17.3 Å². The largest absolute Gasteiger partial charge is 0.378 e. The zero-order valence-electron chi connectivity index (χ0n) is 19.9. The van der Waals surface area contributed by atoms with E-state index in [4.69, 9.17) is 14.7 Å². The minimum absolute atomic E-state index is 0.156. The molecule has 6 nitrogen and oxygen atoms in total.